The number of aryl methyl sites for hydroxylation is 1. The molecule has 98 valence electrons. The largest absolute Gasteiger partial charge is 0.314 e. The Labute approximate surface area is 109 Å². The van der Waals surface area contributed by atoms with Gasteiger partial charge in [-0.2, -0.15) is 0 Å². The molecule has 1 aliphatic rings. The minimum absolute atomic E-state index is 0.269. The van der Waals surface area contributed by atoms with Crippen LogP contribution in [0.5, 0.6) is 0 Å². The van der Waals surface area contributed by atoms with Crippen molar-refractivity contribution < 1.29 is 4.79 Å². The molecule has 3 nitrogen and oxygen atoms in total. The zero-order chi connectivity index (χ0) is 12.8. The maximum atomic E-state index is 12.0. The van der Waals surface area contributed by atoms with Crippen LogP contribution in [0.4, 0.5) is 0 Å². The molecular formula is C15H22N2O. The zero-order valence-electron chi connectivity index (χ0n) is 11.1. The number of nitrogens with one attached hydrogen (secondary N) is 1. The minimum Gasteiger partial charge on any atom is -0.314 e. The maximum absolute atomic E-state index is 12.0. The van der Waals surface area contributed by atoms with Crippen LogP contribution in [0.15, 0.2) is 24.3 Å². The number of hydrogen-bond donors (Lipinski definition) is 1. The van der Waals surface area contributed by atoms with Crippen molar-refractivity contribution in [1.29, 1.82) is 0 Å². The zero-order valence-corrected chi connectivity index (χ0v) is 11.1. The second kappa shape index (κ2) is 6.66. The number of hydrogen-bond acceptors (Lipinski definition) is 3. The van der Waals surface area contributed by atoms with Crippen LogP contribution in [0.3, 0.4) is 0 Å². The highest BCUT2D eigenvalue weighted by atomic mass is 16.1. The van der Waals surface area contributed by atoms with Gasteiger partial charge in [0, 0.05) is 38.2 Å². The summed E-state index contributed by atoms with van der Waals surface area (Å²) in [5.74, 6) is 0.269. The lowest BCUT2D eigenvalue weighted by molar-refractivity contribution is 0.0973. The van der Waals surface area contributed by atoms with E-state index in [1.54, 1.807) is 0 Å². The molecule has 0 aromatic heterocycles. The van der Waals surface area contributed by atoms with Gasteiger partial charge in [-0.05, 0) is 19.9 Å². The topological polar surface area (TPSA) is 32.3 Å². The normalized spacial score (nSPS) is 16.7. The third kappa shape index (κ3) is 3.93. The molecule has 18 heavy (non-hydrogen) atoms. The Morgan fingerprint density at radius 3 is 2.56 bits per heavy atom. The van der Waals surface area contributed by atoms with Gasteiger partial charge >= 0.3 is 0 Å². The molecule has 1 aliphatic heterocycles. The van der Waals surface area contributed by atoms with E-state index in [1.165, 1.54) is 5.56 Å². The number of carbonyl (C=O) groups is 1. The molecule has 3 heteroatoms. The molecule has 1 fully saturated rings. The molecule has 0 bridgehead atoms. The summed E-state index contributed by atoms with van der Waals surface area (Å²) in [5.41, 5.74) is 2.05. The lowest BCUT2D eigenvalue weighted by Gasteiger charge is -2.26. The maximum Gasteiger partial charge on any atom is 0.162 e. The summed E-state index contributed by atoms with van der Waals surface area (Å²) in [6.45, 7) is 7.45. The Bertz CT molecular complexity index is 380. The van der Waals surface area contributed by atoms with Gasteiger partial charge in [-0.15, -0.1) is 0 Å². The van der Waals surface area contributed by atoms with Gasteiger partial charge in [0.25, 0.3) is 0 Å². The van der Waals surface area contributed by atoms with Crippen molar-refractivity contribution in [3.05, 3.63) is 35.4 Å². The Morgan fingerprint density at radius 2 is 1.89 bits per heavy atom. The van der Waals surface area contributed by atoms with Gasteiger partial charge in [0.15, 0.2) is 5.78 Å². The van der Waals surface area contributed by atoms with Crippen LogP contribution in [0.25, 0.3) is 0 Å². The van der Waals surface area contributed by atoms with Gasteiger partial charge < -0.3 is 10.2 Å². The molecule has 1 aromatic carbocycles. The fraction of sp³-hybridized carbons (Fsp3) is 0.533. The predicted molar refractivity (Wildman–Crippen MR) is 74.1 cm³/mol. The Kier molecular flexibility index (Phi) is 4.90. The third-order valence-corrected chi connectivity index (χ3v) is 3.46. The van der Waals surface area contributed by atoms with Crippen molar-refractivity contribution in [2.45, 2.75) is 19.8 Å². The first kappa shape index (κ1) is 13.2. The minimum atomic E-state index is 0.269. The molecule has 1 N–H and O–H groups in total. The molecule has 1 aromatic rings. The average Bonchev–Trinajstić information content (AvgIpc) is 2.40. The van der Waals surface area contributed by atoms with Crippen LogP contribution in [0.2, 0.25) is 0 Å². The van der Waals surface area contributed by atoms with Gasteiger partial charge in [0.05, 0.1) is 0 Å². The molecule has 0 saturated carbocycles. The highest BCUT2D eigenvalue weighted by molar-refractivity contribution is 5.96. The Balaban J connectivity index is 1.72. The fourth-order valence-corrected chi connectivity index (χ4v) is 2.28. The van der Waals surface area contributed by atoms with Crippen molar-refractivity contribution in [1.82, 2.24) is 10.2 Å². The first-order chi connectivity index (χ1) is 8.75. The van der Waals surface area contributed by atoms with Gasteiger partial charge in [-0.25, -0.2) is 0 Å². The number of carbonyl (C=O) groups excluding carboxylic acids is 1. The van der Waals surface area contributed by atoms with Crippen LogP contribution >= 0.6 is 0 Å². The molecule has 0 aliphatic carbocycles. The van der Waals surface area contributed by atoms with Crippen molar-refractivity contribution in [2.75, 3.05) is 32.7 Å². The molecule has 1 saturated heterocycles. The smallest absolute Gasteiger partial charge is 0.162 e. The van der Waals surface area contributed by atoms with Gasteiger partial charge in [0.2, 0.25) is 0 Å². The highest BCUT2D eigenvalue weighted by Gasteiger charge is 2.10. The molecule has 1 heterocycles. The number of piperazine rings is 1. The standard InChI is InChI=1S/C15H22N2O/c1-13-4-6-14(7-5-13)15(18)3-2-10-17-11-8-16-9-12-17/h4-7,16H,2-3,8-12H2,1H3. The van der Waals surface area contributed by atoms with E-state index >= 15 is 0 Å². The fourth-order valence-electron chi connectivity index (χ4n) is 2.28. The molecular weight excluding hydrogens is 224 g/mol. The monoisotopic (exact) mass is 246 g/mol. The van der Waals surface area contributed by atoms with Crippen molar-refractivity contribution >= 4 is 5.78 Å². The summed E-state index contributed by atoms with van der Waals surface area (Å²) in [7, 11) is 0. The van der Waals surface area contributed by atoms with Gasteiger partial charge in [-0.3, -0.25) is 4.79 Å². The van der Waals surface area contributed by atoms with E-state index in [1.807, 2.05) is 31.2 Å². The van der Waals surface area contributed by atoms with Gasteiger partial charge in [0.1, 0.15) is 0 Å². The van der Waals surface area contributed by atoms with Crippen LogP contribution < -0.4 is 5.32 Å². The number of ketones is 1. The number of benzene rings is 1. The van der Waals surface area contributed by atoms with Crippen LogP contribution in [-0.4, -0.2) is 43.4 Å². The lowest BCUT2D eigenvalue weighted by atomic mass is 10.0. The second-order valence-corrected chi connectivity index (χ2v) is 4.98. The van der Waals surface area contributed by atoms with E-state index in [0.29, 0.717) is 6.42 Å². The van der Waals surface area contributed by atoms with E-state index in [2.05, 4.69) is 10.2 Å². The number of nitrogens with zero attached hydrogens (tertiary/aromatic N) is 1. The molecule has 0 radical (unpaired) electrons. The molecule has 0 spiro atoms. The molecule has 0 unspecified atom stereocenters. The predicted octanol–water partition coefficient (Wildman–Crippen LogP) is 1.86. The van der Waals surface area contributed by atoms with Crippen LogP contribution in [0.1, 0.15) is 28.8 Å². The summed E-state index contributed by atoms with van der Waals surface area (Å²) < 4.78 is 0. The van der Waals surface area contributed by atoms with Crippen LogP contribution in [0, 0.1) is 6.92 Å². The summed E-state index contributed by atoms with van der Waals surface area (Å²) >= 11 is 0. The van der Waals surface area contributed by atoms with E-state index in [-0.39, 0.29) is 5.78 Å². The van der Waals surface area contributed by atoms with E-state index in [9.17, 15) is 4.79 Å². The summed E-state index contributed by atoms with van der Waals surface area (Å²) in [6, 6.07) is 7.87. The SMILES string of the molecule is Cc1ccc(C(=O)CCCN2CCNCC2)cc1. The summed E-state index contributed by atoms with van der Waals surface area (Å²) in [6.07, 6.45) is 1.62. The van der Waals surface area contributed by atoms with Crippen molar-refractivity contribution in [3.63, 3.8) is 0 Å². The van der Waals surface area contributed by atoms with E-state index < -0.39 is 0 Å². The third-order valence-electron chi connectivity index (χ3n) is 3.46. The number of Topliss-reactive ketones (excluding diaryl/α,β-unsaturated/α-hetero) is 1. The van der Waals surface area contributed by atoms with Gasteiger partial charge in [-0.1, -0.05) is 29.8 Å². The second-order valence-electron chi connectivity index (χ2n) is 4.98. The highest BCUT2D eigenvalue weighted by Crippen LogP contribution is 2.08. The Hall–Kier alpha value is -1.19. The van der Waals surface area contributed by atoms with Crippen LogP contribution in [-0.2, 0) is 0 Å². The van der Waals surface area contributed by atoms with E-state index in [0.717, 1.165) is 44.7 Å². The van der Waals surface area contributed by atoms with E-state index in [4.69, 9.17) is 0 Å². The number of rotatable bonds is 5. The first-order valence-corrected chi connectivity index (χ1v) is 6.78. The Morgan fingerprint density at radius 1 is 1.22 bits per heavy atom. The lowest BCUT2D eigenvalue weighted by Crippen LogP contribution is -2.43. The molecule has 0 atom stereocenters. The summed E-state index contributed by atoms with van der Waals surface area (Å²) in [5, 5.41) is 3.34. The molecule has 0 amide bonds. The molecule has 2 rings (SSSR count). The quantitative estimate of drug-likeness (QED) is 0.805. The average molecular weight is 246 g/mol. The first-order valence-electron chi connectivity index (χ1n) is 6.78. The van der Waals surface area contributed by atoms with Crippen molar-refractivity contribution in [2.24, 2.45) is 0 Å². The van der Waals surface area contributed by atoms with Crippen molar-refractivity contribution in [3.8, 4) is 0 Å². The summed E-state index contributed by atoms with van der Waals surface area (Å²) in [4.78, 5) is 14.4.